The molecule has 0 unspecified atom stereocenters. The van der Waals surface area contributed by atoms with Gasteiger partial charge in [-0.3, -0.25) is 4.79 Å². The highest BCUT2D eigenvalue weighted by molar-refractivity contribution is 5.92. The molecule has 2 N–H and O–H groups in total. The molecule has 0 fully saturated rings. The molecule has 5 rings (SSSR count). The molecule has 9 heteroatoms. The Morgan fingerprint density at radius 2 is 2.12 bits per heavy atom. The molecule has 2 aromatic heterocycles. The summed E-state index contributed by atoms with van der Waals surface area (Å²) in [7, 11) is 0. The van der Waals surface area contributed by atoms with Crippen LogP contribution in [0.5, 0.6) is 11.5 Å². The fourth-order valence-corrected chi connectivity index (χ4v) is 3.27. The lowest BCUT2D eigenvalue weighted by atomic mass is 10.0. The standard InChI is InChI=1S/C17H14N4O5/c22-16(11-6-18-17(23)19-11)21-4-3-12-10(7-21)15(20-26-12)9-1-2-13-14(5-9)25-8-24-13/h1-2,5-6H,3-4,7-8H2,(H2,18,19,23). The maximum absolute atomic E-state index is 12.6. The van der Waals surface area contributed by atoms with Crippen molar-refractivity contribution in [1.82, 2.24) is 20.0 Å². The first-order chi connectivity index (χ1) is 12.7. The van der Waals surface area contributed by atoms with Crippen LogP contribution in [-0.4, -0.2) is 39.3 Å². The van der Waals surface area contributed by atoms with Gasteiger partial charge in [0.2, 0.25) is 6.79 Å². The van der Waals surface area contributed by atoms with Crippen molar-refractivity contribution in [3.63, 3.8) is 0 Å². The number of nitrogens with one attached hydrogen (secondary N) is 2. The number of H-pyrrole nitrogens is 2. The van der Waals surface area contributed by atoms with Crippen molar-refractivity contribution < 1.29 is 18.8 Å². The SMILES string of the molecule is O=C(c1c[nH]c(=O)[nH]1)N1CCc2onc(-c3ccc4c(c3)OCO4)c2C1. The van der Waals surface area contributed by atoms with Gasteiger partial charge in [-0.25, -0.2) is 4.79 Å². The summed E-state index contributed by atoms with van der Waals surface area (Å²) in [4.78, 5) is 30.4. The lowest BCUT2D eigenvalue weighted by molar-refractivity contribution is 0.0723. The van der Waals surface area contributed by atoms with Crippen LogP contribution in [0.4, 0.5) is 0 Å². The zero-order valence-corrected chi connectivity index (χ0v) is 13.6. The zero-order valence-electron chi connectivity index (χ0n) is 13.6. The fraction of sp³-hybridized carbons (Fsp3) is 0.235. The summed E-state index contributed by atoms with van der Waals surface area (Å²) in [6, 6.07) is 5.57. The van der Waals surface area contributed by atoms with Crippen LogP contribution in [0.3, 0.4) is 0 Å². The third-order valence-electron chi connectivity index (χ3n) is 4.59. The largest absolute Gasteiger partial charge is 0.454 e. The summed E-state index contributed by atoms with van der Waals surface area (Å²) < 4.78 is 16.2. The molecule has 1 aromatic carbocycles. The van der Waals surface area contributed by atoms with Crippen molar-refractivity contribution in [2.75, 3.05) is 13.3 Å². The highest BCUT2D eigenvalue weighted by Crippen LogP contribution is 2.38. The molecule has 0 spiro atoms. The van der Waals surface area contributed by atoms with Crippen LogP contribution >= 0.6 is 0 Å². The molecule has 1 amide bonds. The van der Waals surface area contributed by atoms with Crippen LogP contribution in [0.25, 0.3) is 11.3 Å². The molecule has 0 bridgehead atoms. The third-order valence-corrected chi connectivity index (χ3v) is 4.59. The molecule has 0 aliphatic carbocycles. The minimum absolute atomic E-state index is 0.201. The summed E-state index contributed by atoms with van der Waals surface area (Å²) in [6.07, 6.45) is 1.94. The Labute approximate surface area is 146 Å². The highest BCUT2D eigenvalue weighted by atomic mass is 16.7. The van der Waals surface area contributed by atoms with E-state index in [9.17, 15) is 9.59 Å². The van der Waals surface area contributed by atoms with E-state index in [1.54, 1.807) is 4.90 Å². The Balaban J connectivity index is 1.47. The normalized spacial score (nSPS) is 15.2. The second kappa shape index (κ2) is 5.51. The van der Waals surface area contributed by atoms with E-state index in [1.165, 1.54) is 6.20 Å². The number of rotatable bonds is 2. The van der Waals surface area contributed by atoms with Gasteiger partial charge in [0.05, 0.1) is 6.54 Å². The van der Waals surface area contributed by atoms with Crippen LogP contribution in [0, 0.1) is 0 Å². The van der Waals surface area contributed by atoms with Gasteiger partial charge in [0.15, 0.2) is 11.5 Å². The summed E-state index contributed by atoms with van der Waals surface area (Å²) >= 11 is 0. The molecule has 3 aromatic rings. The number of nitrogens with zero attached hydrogens (tertiary/aromatic N) is 2. The smallest absolute Gasteiger partial charge is 0.323 e. The van der Waals surface area contributed by atoms with E-state index in [4.69, 9.17) is 14.0 Å². The quantitative estimate of drug-likeness (QED) is 0.717. The Kier molecular flexibility index (Phi) is 3.14. The van der Waals surface area contributed by atoms with E-state index in [2.05, 4.69) is 15.1 Å². The topological polar surface area (TPSA) is 113 Å². The summed E-state index contributed by atoms with van der Waals surface area (Å²) in [5, 5.41) is 4.19. The van der Waals surface area contributed by atoms with Gasteiger partial charge >= 0.3 is 5.69 Å². The van der Waals surface area contributed by atoms with Gasteiger partial charge in [-0.05, 0) is 18.2 Å². The van der Waals surface area contributed by atoms with Crippen molar-refractivity contribution >= 4 is 5.91 Å². The fourth-order valence-electron chi connectivity index (χ4n) is 3.27. The maximum atomic E-state index is 12.6. The number of amides is 1. The van der Waals surface area contributed by atoms with E-state index in [-0.39, 0.29) is 18.4 Å². The predicted molar refractivity (Wildman–Crippen MR) is 87.9 cm³/mol. The van der Waals surface area contributed by atoms with Gasteiger partial charge in [-0.15, -0.1) is 0 Å². The second-order valence-corrected chi connectivity index (χ2v) is 6.13. The van der Waals surface area contributed by atoms with Crippen molar-refractivity contribution in [2.24, 2.45) is 0 Å². The first-order valence-electron chi connectivity index (χ1n) is 8.13. The van der Waals surface area contributed by atoms with E-state index >= 15 is 0 Å². The number of carbonyl (C=O) groups excluding carboxylic acids is 1. The number of ether oxygens (including phenoxy) is 2. The minimum atomic E-state index is -0.405. The van der Waals surface area contributed by atoms with E-state index in [0.717, 1.165) is 16.9 Å². The summed E-state index contributed by atoms with van der Waals surface area (Å²) in [5.74, 6) is 1.88. The molecular weight excluding hydrogens is 340 g/mol. The first-order valence-corrected chi connectivity index (χ1v) is 8.13. The molecule has 2 aliphatic heterocycles. The molecular formula is C17H14N4O5. The average molecular weight is 354 g/mol. The van der Waals surface area contributed by atoms with E-state index < -0.39 is 5.69 Å². The van der Waals surface area contributed by atoms with Crippen LogP contribution < -0.4 is 15.2 Å². The number of hydrogen-bond acceptors (Lipinski definition) is 6. The molecule has 9 nitrogen and oxygen atoms in total. The van der Waals surface area contributed by atoms with Crippen LogP contribution in [0.2, 0.25) is 0 Å². The van der Waals surface area contributed by atoms with Gasteiger partial charge in [-0.1, -0.05) is 5.16 Å². The van der Waals surface area contributed by atoms with Gasteiger partial charge in [0.25, 0.3) is 5.91 Å². The van der Waals surface area contributed by atoms with Gasteiger partial charge < -0.3 is 28.9 Å². The maximum Gasteiger partial charge on any atom is 0.323 e. The Hall–Kier alpha value is -3.49. The minimum Gasteiger partial charge on any atom is -0.454 e. The monoisotopic (exact) mass is 354 g/mol. The molecule has 0 atom stereocenters. The van der Waals surface area contributed by atoms with Gasteiger partial charge in [0.1, 0.15) is 17.1 Å². The molecule has 132 valence electrons. The predicted octanol–water partition coefficient (Wildman–Crippen LogP) is 1.29. The lowest BCUT2D eigenvalue weighted by Crippen LogP contribution is -2.36. The van der Waals surface area contributed by atoms with Gasteiger partial charge in [-0.2, -0.15) is 0 Å². The lowest BCUT2D eigenvalue weighted by Gasteiger charge is -2.25. The van der Waals surface area contributed by atoms with Crippen LogP contribution in [0.15, 0.2) is 33.7 Å². The number of aromatic nitrogens is 3. The second-order valence-electron chi connectivity index (χ2n) is 6.13. The summed E-state index contributed by atoms with van der Waals surface area (Å²) in [5.41, 5.74) is 2.21. The molecule has 0 saturated carbocycles. The number of hydrogen-bond donors (Lipinski definition) is 2. The van der Waals surface area contributed by atoms with Crippen molar-refractivity contribution in [2.45, 2.75) is 13.0 Å². The first kappa shape index (κ1) is 14.8. The number of fused-ring (bicyclic) bond motifs is 2. The van der Waals surface area contributed by atoms with E-state index in [0.29, 0.717) is 36.7 Å². The highest BCUT2D eigenvalue weighted by Gasteiger charge is 2.29. The Morgan fingerprint density at radius 3 is 2.96 bits per heavy atom. The zero-order chi connectivity index (χ0) is 17.7. The third kappa shape index (κ3) is 2.28. The van der Waals surface area contributed by atoms with Gasteiger partial charge in [0, 0.05) is 30.3 Å². The number of aromatic amines is 2. The molecule has 4 heterocycles. The Bertz CT molecular complexity index is 1060. The molecule has 2 aliphatic rings. The average Bonchev–Trinajstić information content (AvgIpc) is 3.38. The number of benzene rings is 1. The number of imidazole rings is 1. The summed E-state index contributed by atoms with van der Waals surface area (Å²) in [6.45, 7) is 1.05. The van der Waals surface area contributed by atoms with Crippen LogP contribution in [-0.2, 0) is 13.0 Å². The van der Waals surface area contributed by atoms with Crippen molar-refractivity contribution in [3.8, 4) is 22.8 Å². The van der Waals surface area contributed by atoms with Crippen LogP contribution in [0.1, 0.15) is 21.8 Å². The number of carbonyl (C=O) groups is 1. The van der Waals surface area contributed by atoms with E-state index in [1.807, 2.05) is 18.2 Å². The molecule has 26 heavy (non-hydrogen) atoms. The molecule has 0 radical (unpaired) electrons. The Morgan fingerprint density at radius 1 is 1.23 bits per heavy atom. The van der Waals surface area contributed by atoms with Crippen molar-refractivity contribution in [3.05, 3.63) is 51.9 Å². The van der Waals surface area contributed by atoms with Crippen molar-refractivity contribution in [1.29, 1.82) is 0 Å². The molecule has 0 saturated heterocycles.